The Morgan fingerprint density at radius 1 is 1.28 bits per heavy atom. The van der Waals surface area contributed by atoms with Crippen LogP contribution in [0.1, 0.15) is 5.56 Å². The van der Waals surface area contributed by atoms with Gasteiger partial charge in [-0.3, -0.25) is 4.18 Å². The van der Waals surface area contributed by atoms with Gasteiger partial charge in [0.05, 0.1) is 11.5 Å². The second kappa shape index (κ2) is 6.29. The van der Waals surface area contributed by atoms with Crippen LogP contribution in [-0.2, 0) is 14.3 Å². The van der Waals surface area contributed by atoms with Crippen molar-refractivity contribution in [2.75, 3.05) is 27.2 Å². The maximum absolute atomic E-state index is 11.9. The summed E-state index contributed by atoms with van der Waals surface area (Å²) in [5.74, 6) is 0. The third-order valence-corrected chi connectivity index (χ3v) is 3.72. The molecule has 0 radical (unpaired) electrons. The summed E-state index contributed by atoms with van der Waals surface area (Å²) in [6.07, 6.45) is -0.758. The van der Waals surface area contributed by atoms with Crippen LogP contribution < -0.4 is 0 Å². The predicted molar refractivity (Wildman–Crippen MR) is 68.9 cm³/mol. The molecule has 1 unspecified atom stereocenters. The van der Waals surface area contributed by atoms with Gasteiger partial charge in [-0.05, 0) is 33.2 Å². The molecule has 0 fully saturated rings. The Bertz CT molecular complexity index is 467. The first-order chi connectivity index (χ1) is 8.35. The van der Waals surface area contributed by atoms with Crippen molar-refractivity contribution in [2.24, 2.45) is 0 Å². The van der Waals surface area contributed by atoms with Gasteiger partial charge < -0.3 is 10.0 Å². The van der Waals surface area contributed by atoms with Crippen molar-refractivity contribution in [2.45, 2.75) is 17.9 Å². The standard InChI is InChI=1S/C12H19NO4S/c1-10-4-6-12(7-5-10)18(15,16)17-11(9-14)8-13(2)3/h4-7,11,14H,8-9H2,1-3H3. The zero-order valence-corrected chi connectivity index (χ0v) is 11.6. The van der Waals surface area contributed by atoms with E-state index in [2.05, 4.69) is 0 Å². The number of hydrogen-bond acceptors (Lipinski definition) is 5. The molecule has 0 aliphatic carbocycles. The summed E-state index contributed by atoms with van der Waals surface area (Å²) >= 11 is 0. The molecule has 0 saturated heterocycles. The zero-order chi connectivity index (χ0) is 13.8. The summed E-state index contributed by atoms with van der Waals surface area (Å²) in [6.45, 7) is 1.87. The van der Waals surface area contributed by atoms with Gasteiger partial charge in [-0.1, -0.05) is 17.7 Å². The van der Waals surface area contributed by atoms with Crippen LogP contribution >= 0.6 is 0 Å². The average molecular weight is 273 g/mol. The van der Waals surface area contributed by atoms with Crippen molar-refractivity contribution in [3.63, 3.8) is 0 Å². The van der Waals surface area contributed by atoms with Crippen molar-refractivity contribution >= 4 is 10.1 Å². The van der Waals surface area contributed by atoms with E-state index in [0.717, 1.165) is 5.56 Å². The Labute approximate surface area is 108 Å². The lowest BCUT2D eigenvalue weighted by Gasteiger charge is -2.19. The van der Waals surface area contributed by atoms with Gasteiger partial charge in [-0.25, -0.2) is 0 Å². The molecule has 0 saturated carbocycles. The second-order valence-electron chi connectivity index (χ2n) is 4.43. The van der Waals surface area contributed by atoms with E-state index in [1.54, 1.807) is 31.1 Å². The number of benzene rings is 1. The topological polar surface area (TPSA) is 66.8 Å². The molecule has 102 valence electrons. The Morgan fingerprint density at radius 3 is 2.28 bits per heavy atom. The van der Waals surface area contributed by atoms with Gasteiger partial charge >= 0.3 is 0 Å². The number of hydrogen-bond donors (Lipinski definition) is 1. The monoisotopic (exact) mass is 273 g/mol. The summed E-state index contributed by atoms with van der Waals surface area (Å²) in [6, 6.07) is 6.40. The highest BCUT2D eigenvalue weighted by Crippen LogP contribution is 2.15. The highest BCUT2D eigenvalue weighted by atomic mass is 32.2. The fourth-order valence-electron chi connectivity index (χ4n) is 1.47. The van der Waals surface area contributed by atoms with E-state index in [4.69, 9.17) is 9.29 Å². The molecule has 0 aliphatic heterocycles. The lowest BCUT2D eigenvalue weighted by atomic mass is 10.2. The van der Waals surface area contributed by atoms with Crippen molar-refractivity contribution in [1.29, 1.82) is 0 Å². The van der Waals surface area contributed by atoms with Crippen LogP contribution in [0.15, 0.2) is 29.2 Å². The fraction of sp³-hybridized carbons (Fsp3) is 0.500. The smallest absolute Gasteiger partial charge is 0.297 e. The molecule has 5 nitrogen and oxygen atoms in total. The first kappa shape index (κ1) is 15.1. The van der Waals surface area contributed by atoms with E-state index < -0.39 is 16.2 Å². The third-order valence-electron chi connectivity index (χ3n) is 2.34. The summed E-state index contributed by atoms with van der Waals surface area (Å²) in [5.41, 5.74) is 0.973. The molecule has 0 aliphatic rings. The molecule has 1 N–H and O–H groups in total. The second-order valence-corrected chi connectivity index (χ2v) is 6.00. The van der Waals surface area contributed by atoms with Crippen LogP contribution in [0.2, 0.25) is 0 Å². The van der Waals surface area contributed by atoms with Gasteiger partial charge in [0, 0.05) is 6.54 Å². The summed E-state index contributed by atoms with van der Waals surface area (Å²) in [5, 5.41) is 9.11. The van der Waals surface area contributed by atoms with Crippen molar-refractivity contribution in [1.82, 2.24) is 4.90 Å². The largest absolute Gasteiger partial charge is 0.394 e. The molecule has 1 rings (SSSR count). The number of aliphatic hydroxyl groups excluding tert-OH is 1. The van der Waals surface area contributed by atoms with Gasteiger partial charge in [0.15, 0.2) is 0 Å². The van der Waals surface area contributed by atoms with E-state index in [0.29, 0.717) is 6.54 Å². The molecule has 0 bridgehead atoms. The number of aliphatic hydroxyl groups is 1. The Morgan fingerprint density at radius 2 is 1.83 bits per heavy atom. The number of rotatable bonds is 6. The van der Waals surface area contributed by atoms with Crippen LogP contribution in [0.4, 0.5) is 0 Å². The maximum atomic E-state index is 11.9. The van der Waals surface area contributed by atoms with Crippen LogP contribution in [0.3, 0.4) is 0 Å². The first-order valence-corrected chi connectivity index (χ1v) is 7.01. The summed E-state index contributed by atoms with van der Waals surface area (Å²) in [7, 11) is -0.256. The molecule has 0 heterocycles. The minimum absolute atomic E-state index is 0.102. The Kier molecular flexibility index (Phi) is 5.28. The summed E-state index contributed by atoms with van der Waals surface area (Å²) < 4.78 is 28.9. The molecule has 18 heavy (non-hydrogen) atoms. The van der Waals surface area contributed by atoms with Gasteiger partial charge in [-0.15, -0.1) is 0 Å². The lowest BCUT2D eigenvalue weighted by Crippen LogP contribution is -2.33. The van der Waals surface area contributed by atoms with Crippen LogP contribution in [-0.4, -0.2) is 51.8 Å². The van der Waals surface area contributed by atoms with Crippen molar-refractivity contribution in [3.8, 4) is 0 Å². The fourth-order valence-corrected chi connectivity index (χ4v) is 2.53. The average Bonchev–Trinajstić information content (AvgIpc) is 2.27. The molecule has 0 amide bonds. The molecule has 6 heteroatoms. The lowest BCUT2D eigenvalue weighted by molar-refractivity contribution is 0.0970. The highest BCUT2D eigenvalue weighted by molar-refractivity contribution is 7.86. The van der Waals surface area contributed by atoms with Gasteiger partial charge in [0.1, 0.15) is 6.10 Å². The Hall–Kier alpha value is -0.950. The minimum Gasteiger partial charge on any atom is -0.394 e. The van der Waals surface area contributed by atoms with Gasteiger partial charge in [0.25, 0.3) is 10.1 Å². The van der Waals surface area contributed by atoms with E-state index in [1.807, 2.05) is 6.92 Å². The van der Waals surface area contributed by atoms with Gasteiger partial charge in [0.2, 0.25) is 0 Å². The van der Waals surface area contributed by atoms with Crippen LogP contribution in [0.5, 0.6) is 0 Å². The third kappa shape index (κ3) is 4.38. The zero-order valence-electron chi connectivity index (χ0n) is 10.8. The number of likely N-dealkylation sites (N-methyl/N-ethyl adjacent to an activating group) is 1. The molecule has 1 aromatic rings. The SMILES string of the molecule is Cc1ccc(S(=O)(=O)OC(CO)CN(C)C)cc1. The maximum Gasteiger partial charge on any atom is 0.297 e. The normalized spacial score (nSPS) is 13.8. The highest BCUT2D eigenvalue weighted by Gasteiger charge is 2.21. The van der Waals surface area contributed by atoms with Gasteiger partial charge in [-0.2, -0.15) is 8.42 Å². The molecule has 1 atom stereocenters. The predicted octanol–water partition coefficient (Wildman–Crippen LogP) is 0.623. The van der Waals surface area contributed by atoms with E-state index >= 15 is 0 Å². The Balaban J connectivity index is 2.83. The number of aryl methyl sites for hydroxylation is 1. The molecule has 1 aromatic carbocycles. The van der Waals surface area contributed by atoms with Crippen LogP contribution in [0.25, 0.3) is 0 Å². The van der Waals surface area contributed by atoms with E-state index in [-0.39, 0.29) is 11.5 Å². The van der Waals surface area contributed by atoms with Crippen molar-refractivity contribution in [3.05, 3.63) is 29.8 Å². The first-order valence-electron chi connectivity index (χ1n) is 5.60. The molecule has 0 aromatic heterocycles. The molecular weight excluding hydrogens is 254 g/mol. The number of nitrogens with zero attached hydrogens (tertiary/aromatic N) is 1. The molecule has 0 spiro atoms. The minimum atomic E-state index is -3.82. The van der Waals surface area contributed by atoms with E-state index in [9.17, 15) is 8.42 Å². The summed E-state index contributed by atoms with van der Waals surface area (Å²) in [4.78, 5) is 1.86. The van der Waals surface area contributed by atoms with Crippen LogP contribution in [0, 0.1) is 6.92 Å². The van der Waals surface area contributed by atoms with Crippen molar-refractivity contribution < 1.29 is 17.7 Å². The van der Waals surface area contributed by atoms with E-state index in [1.165, 1.54) is 12.1 Å². The quantitative estimate of drug-likeness (QED) is 0.770. The molecular formula is C12H19NO4S.